The Bertz CT molecular complexity index is 1390. The van der Waals surface area contributed by atoms with Gasteiger partial charge in [-0.2, -0.15) is 0 Å². The Morgan fingerprint density at radius 3 is 2.21 bits per heavy atom. The van der Waals surface area contributed by atoms with E-state index in [9.17, 15) is 59.7 Å². The summed E-state index contributed by atoms with van der Waals surface area (Å²) >= 11 is 0. The van der Waals surface area contributed by atoms with Crippen LogP contribution in [0.4, 0.5) is 0 Å². The first-order chi connectivity index (χ1) is 17.6. The van der Waals surface area contributed by atoms with Gasteiger partial charge in [0.2, 0.25) is 11.4 Å². The summed E-state index contributed by atoms with van der Waals surface area (Å²) in [4.78, 5) is 59.9. The normalized spacial score (nSPS) is 28.4. The molecule has 3 atom stereocenters. The second kappa shape index (κ2) is 8.65. The van der Waals surface area contributed by atoms with Crippen molar-refractivity contribution in [3.8, 4) is 11.5 Å². The summed E-state index contributed by atoms with van der Waals surface area (Å²) in [7, 11) is 0. The summed E-state index contributed by atoms with van der Waals surface area (Å²) in [5, 5.41) is 83.8. The zero-order chi connectivity index (χ0) is 28.4. The molecule has 0 aliphatic heterocycles. The monoisotopic (exact) mass is 534 g/mol. The van der Waals surface area contributed by atoms with Crippen molar-refractivity contribution >= 4 is 35.2 Å². The van der Waals surface area contributed by atoms with Crippen LogP contribution in [0.3, 0.4) is 0 Å². The summed E-state index contributed by atoms with van der Waals surface area (Å²) in [6, 6.07) is 2.33. The summed E-state index contributed by atoms with van der Waals surface area (Å²) in [5.41, 5.74) is -11.5. The van der Waals surface area contributed by atoms with Gasteiger partial charge in [-0.05, 0) is 18.1 Å². The zero-order valence-corrected chi connectivity index (χ0v) is 19.4. The summed E-state index contributed by atoms with van der Waals surface area (Å²) < 4.78 is 5.02. The lowest BCUT2D eigenvalue weighted by molar-refractivity contribution is -0.200. The van der Waals surface area contributed by atoms with Crippen LogP contribution in [-0.2, 0) is 30.4 Å². The van der Waals surface area contributed by atoms with E-state index in [4.69, 9.17) is 9.84 Å². The molecule has 1 aromatic carbocycles. The van der Waals surface area contributed by atoms with Crippen LogP contribution < -0.4 is 4.74 Å². The molecule has 38 heavy (non-hydrogen) atoms. The number of fused-ring (bicyclic) bond motifs is 3. The molecule has 1 aromatic rings. The molecule has 4 rings (SSSR count). The van der Waals surface area contributed by atoms with Gasteiger partial charge in [0.1, 0.15) is 22.5 Å². The highest BCUT2D eigenvalue weighted by Gasteiger charge is 2.71. The van der Waals surface area contributed by atoms with Gasteiger partial charge in [0.15, 0.2) is 23.0 Å². The van der Waals surface area contributed by atoms with Crippen LogP contribution >= 0.6 is 0 Å². The number of ether oxygens (including phenoxy) is 1. The fraction of sp³-hybridized carbons (Fsp3) is 0.375. The maximum absolute atomic E-state index is 13.5. The molecule has 202 valence electrons. The summed E-state index contributed by atoms with van der Waals surface area (Å²) in [6.45, 7) is 0. The smallest absolute Gasteiger partial charge is 0.342 e. The number of carboxylic acid groups (broad SMARTS) is 2. The van der Waals surface area contributed by atoms with Gasteiger partial charge >= 0.3 is 17.9 Å². The van der Waals surface area contributed by atoms with E-state index in [1.165, 1.54) is 6.07 Å². The largest absolute Gasteiger partial charge is 0.508 e. The Hall–Kier alpha value is -4.27. The molecule has 14 heteroatoms. The van der Waals surface area contributed by atoms with Gasteiger partial charge in [0, 0.05) is 32.1 Å². The van der Waals surface area contributed by atoms with Gasteiger partial charge in [0.05, 0.1) is 11.1 Å². The minimum absolute atomic E-state index is 0.00638. The second-order valence-corrected chi connectivity index (χ2v) is 9.48. The number of esters is 1. The number of benzene rings is 1. The molecule has 0 saturated heterocycles. The minimum Gasteiger partial charge on any atom is -0.508 e. The van der Waals surface area contributed by atoms with E-state index in [0.29, 0.717) is 0 Å². The quantitative estimate of drug-likeness (QED) is 0.129. The van der Waals surface area contributed by atoms with Crippen molar-refractivity contribution in [2.75, 3.05) is 0 Å². The predicted octanol–water partition coefficient (Wildman–Crippen LogP) is -0.587. The van der Waals surface area contributed by atoms with Gasteiger partial charge < -0.3 is 45.6 Å². The molecule has 3 aliphatic carbocycles. The number of carboxylic acids is 2. The number of carbonyl (C=O) groups excluding carboxylic acids is 3. The number of hydrogen-bond donors (Lipinski definition) is 8. The molecule has 0 spiro atoms. The number of hydrogen-bond acceptors (Lipinski definition) is 12. The van der Waals surface area contributed by atoms with Crippen molar-refractivity contribution in [3.63, 3.8) is 0 Å². The highest BCUT2D eigenvalue weighted by molar-refractivity contribution is 6.22. The third-order valence-electron chi connectivity index (χ3n) is 6.98. The number of phenolic OH excluding ortho intramolecular Hbond substituents is 1. The molecular weight excluding hydrogens is 512 g/mol. The third-order valence-corrected chi connectivity index (χ3v) is 6.98. The van der Waals surface area contributed by atoms with Crippen molar-refractivity contribution in [1.29, 1.82) is 0 Å². The van der Waals surface area contributed by atoms with Gasteiger partial charge in [-0.15, -0.1) is 0 Å². The van der Waals surface area contributed by atoms with Crippen LogP contribution in [0.2, 0.25) is 0 Å². The molecular formula is C24H22O14. The highest BCUT2D eigenvalue weighted by atomic mass is 16.5. The SMILES string of the molecule is O=C(O)CCCC(=O)Oc1ccc2c(c1O)C(O)=C1C(=O)[C@@]3(O)C(O)=C(C(=O)O)C(=O)C[C@@]3(O)C[C@@]1(O)C2. The number of rotatable bonds is 6. The number of aromatic hydroxyl groups is 1. The van der Waals surface area contributed by atoms with E-state index in [1.807, 2.05) is 0 Å². The van der Waals surface area contributed by atoms with Gasteiger partial charge in [-0.1, -0.05) is 6.07 Å². The van der Waals surface area contributed by atoms with Crippen molar-refractivity contribution < 1.29 is 69.6 Å². The van der Waals surface area contributed by atoms with E-state index in [1.54, 1.807) is 0 Å². The number of Topliss-reactive ketones (excluding diaryl/α,β-unsaturated/α-hetero) is 2. The lowest BCUT2D eigenvalue weighted by Gasteiger charge is -2.53. The van der Waals surface area contributed by atoms with E-state index in [0.717, 1.165) is 6.07 Å². The standard InChI is InChI=1S/C24H22O14/c25-10-7-23(36)8-22(35)6-9-4-5-11(38-13(28)3-1-2-12(26)27)17(29)14(9)18(30)16(22)20(32)24(23,37)19(31)15(10)21(33)34/h4-5,29-31,35-37H,1-3,6-8H2,(H,26,27)(H,33,34)/t22-,23+,24-/m0/s1. The molecule has 0 bridgehead atoms. The van der Waals surface area contributed by atoms with Gasteiger partial charge in [0.25, 0.3) is 0 Å². The lowest BCUT2D eigenvalue weighted by atomic mass is 9.55. The lowest BCUT2D eigenvalue weighted by Crippen LogP contribution is -2.72. The number of aliphatic hydroxyl groups excluding tert-OH is 2. The molecule has 1 saturated carbocycles. The fourth-order valence-electron chi connectivity index (χ4n) is 5.29. The van der Waals surface area contributed by atoms with Crippen LogP contribution in [0.1, 0.15) is 43.2 Å². The predicted molar refractivity (Wildman–Crippen MR) is 120 cm³/mol. The van der Waals surface area contributed by atoms with Crippen LogP contribution in [-0.4, -0.2) is 87.1 Å². The Balaban J connectivity index is 1.81. The summed E-state index contributed by atoms with van der Waals surface area (Å²) in [6.07, 6.45) is -3.40. The minimum atomic E-state index is -3.44. The Morgan fingerprint density at radius 1 is 0.947 bits per heavy atom. The van der Waals surface area contributed by atoms with E-state index >= 15 is 0 Å². The molecule has 0 unspecified atom stereocenters. The van der Waals surface area contributed by atoms with E-state index in [-0.39, 0.29) is 24.8 Å². The van der Waals surface area contributed by atoms with Crippen LogP contribution in [0.5, 0.6) is 11.5 Å². The Labute approximate surface area is 212 Å². The van der Waals surface area contributed by atoms with Gasteiger partial charge in [-0.25, -0.2) is 4.79 Å². The number of aliphatic hydroxyl groups is 5. The second-order valence-electron chi connectivity index (χ2n) is 9.48. The number of carbonyl (C=O) groups is 5. The van der Waals surface area contributed by atoms with Crippen molar-refractivity contribution in [3.05, 3.63) is 40.2 Å². The average molecular weight is 534 g/mol. The molecule has 3 aliphatic rings. The third kappa shape index (κ3) is 3.72. The molecule has 0 aromatic heterocycles. The first kappa shape index (κ1) is 26.8. The molecule has 14 nitrogen and oxygen atoms in total. The van der Waals surface area contributed by atoms with Crippen LogP contribution in [0, 0.1) is 0 Å². The van der Waals surface area contributed by atoms with Crippen LogP contribution in [0.25, 0.3) is 5.76 Å². The number of phenols is 1. The first-order valence-corrected chi connectivity index (χ1v) is 11.2. The highest BCUT2D eigenvalue weighted by Crippen LogP contribution is 2.56. The van der Waals surface area contributed by atoms with Crippen molar-refractivity contribution in [2.24, 2.45) is 0 Å². The van der Waals surface area contributed by atoms with E-state index in [2.05, 4.69) is 0 Å². The molecule has 1 fully saturated rings. The Kier molecular flexibility index (Phi) is 6.10. The van der Waals surface area contributed by atoms with Crippen molar-refractivity contribution in [2.45, 2.75) is 55.3 Å². The van der Waals surface area contributed by atoms with Gasteiger partial charge in [-0.3, -0.25) is 19.2 Å². The molecule has 0 amide bonds. The number of ketones is 2. The van der Waals surface area contributed by atoms with E-state index < -0.39 is 105 Å². The zero-order valence-electron chi connectivity index (χ0n) is 19.4. The topological polar surface area (TPSA) is 256 Å². The summed E-state index contributed by atoms with van der Waals surface area (Å²) in [5.74, 6) is -11.2. The maximum Gasteiger partial charge on any atom is 0.342 e. The average Bonchev–Trinajstić information content (AvgIpc) is 2.77. The molecule has 0 heterocycles. The van der Waals surface area contributed by atoms with Crippen molar-refractivity contribution in [1.82, 2.24) is 0 Å². The maximum atomic E-state index is 13.5. The van der Waals surface area contributed by atoms with Crippen LogP contribution in [0.15, 0.2) is 29.0 Å². The first-order valence-electron chi connectivity index (χ1n) is 11.2. The molecule has 0 radical (unpaired) electrons. The number of aliphatic carboxylic acids is 2. The molecule has 8 N–H and O–H groups in total. The fourth-order valence-corrected chi connectivity index (χ4v) is 5.29. The Morgan fingerprint density at radius 2 is 1.61 bits per heavy atom.